The van der Waals surface area contributed by atoms with Crippen molar-refractivity contribution in [3.05, 3.63) is 45.1 Å². The normalized spacial score (nSPS) is 11.5. The first kappa shape index (κ1) is 15.2. The Balaban J connectivity index is 2.52. The Hall–Kier alpha value is -2.15. The lowest BCUT2D eigenvalue weighted by atomic mass is 10.1. The fourth-order valence-electron chi connectivity index (χ4n) is 1.80. The largest absolute Gasteiger partial charge is 0.436 e. The molecule has 0 radical (unpaired) electrons. The molecule has 3 N–H and O–H groups in total. The summed E-state index contributed by atoms with van der Waals surface area (Å²) in [6, 6.07) is 5.65. The third kappa shape index (κ3) is 3.13. The molecular formula is C14H15BrN4O2. The monoisotopic (exact) mass is 350 g/mol. The van der Waals surface area contributed by atoms with Crippen LogP contribution >= 0.6 is 15.9 Å². The van der Waals surface area contributed by atoms with Gasteiger partial charge in [-0.15, -0.1) is 5.10 Å². The van der Waals surface area contributed by atoms with E-state index in [2.05, 4.69) is 31.3 Å². The van der Waals surface area contributed by atoms with E-state index in [4.69, 9.17) is 15.7 Å². The topological polar surface area (TPSA) is 93.6 Å². The molecule has 2 aromatic rings. The molecule has 0 unspecified atom stereocenters. The van der Waals surface area contributed by atoms with Crippen LogP contribution in [0.3, 0.4) is 0 Å². The van der Waals surface area contributed by atoms with Gasteiger partial charge in [0.2, 0.25) is 5.88 Å². The zero-order valence-corrected chi connectivity index (χ0v) is 13.5. The molecule has 0 atom stereocenters. The molecule has 6 nitrogen and oxygen atoms in total. The highest BCUT2D eigenvalue weighted by molar-refractivity contribution is 9.10. The van der Waals surface area contributed by atoms with E-state index < -0.39 is 0 Å². The molecule has 0 fully saturated rings. The van der Waals surface area contributed by atoms with Gasteiger partial charge in [-0.1, -0.05) is 11.2 Å². The van der Waals surface area contributed by atoms with Crippen LogP contribution in [-0.4, -0.2) is 21.2 Å². The molecule has 1 aromatic carbocycles. The summed E-state index contributed by atoms with van der Waals surface area (Å²) >= 11 is 3.43. The number of ether oxygens (including phenoxy) is 1. The van der Waals surface area contributed by atoms with Gasteiger partial charge in [0.15, 0.2) is 5.84 Å². The second-order valence-corrected chi connectivity index (χ2v) is 5.47. The van der Waals surface area contributed by atoms with Crippen molar-refractivity contribution in [1.82, 2.24) is 10.2 Å². The highest BCUT2D eigenvalue weighted by Gasteiger charge is 2.18. The summed E-state index contributed by atoms with van der Waals surface area (Å²) in [6.07, 6.45) is 0. The Morgan fingerprint density at radius 1 is 1.29 bits per heavy atom. The maximum Gasteiger partial charge on any atom is 0.250 e. The first-order valence-electron chi connectivity index (χ1n) is 6.19. The van der Waals surface area contributed by atoms with Gasteiger partial charge in [-0.2, -0.15) is 5.10 Å². The van der Waals surface area contributed by atoms with Crippen molar-refractivity contribution >= 4 is 21.8 Å². The predicted octanol–water partition coefficient (Wildman–Crippen LogP) is 3.05. The quantitative estimate of drug-likeness (QED) is 0.384. The molecule has 1 aromatic heterocycles. The molecule has 0 aliphatic rings. The SMILES string of the molecule is Cc1ccc(Oc2nnc(C)c(C)c2/C(N)=N/O)c(Br)c1. The van der Waals surface area contributed by atoms with Crippen molar-refractivity contribution in [2.45, 2.75) is 20.8 Å². The smallest absolute Gasteiger partial charge is 0.250 e. The zero-order chi connectivity index (χ0) is 15.6. The van der Waals surface area contributed by atoms with Gasteiger partial charge in [0.05, 0.1) is 15.7 Å². The van der Waals surface area contributed by atoms with Crippen LogP contribution in [0.25, 0.3) is 0 Å². The average Bonchev–Trinajstić information content (AvgIpc) is 2.45. The standard InChI is InChI=1S/C14H15BrN4O2/c1-7-4-5-11(10(15)6-7)21-14-12(13(16)19-20)8(2)9(3)17-18-14/h4-6,20H,1-3H3,(H2,16,19). The van der Waals surface area contributed by atoms with Gasteiger partial charge >= 0.3 is 0 Å². The van der Waals surface area contributed by atoms with Crippen molar-refractivity contribution in [2.24, 2.45) is 10.9 Å². The Labute approximate surface area is 130 Å². The summed E-state index contributed by atoms with van der Waals surface area (Å²) in [5.41, 5.74) is 8.68. The summed E-state index contributed by atoms with van der Waals surface area (Å²) in [7, 11) is 0. The number of nitrogens with two attached hydrogens (primary N) is 1. The van der Waals surface area contributed by atoms with E-state index in [0.717, 1.165) is 15.6 Å². The molecule has 21 heavy (non-hydrogen) atoms. The number of oxime groups is 1. The lowest BCUT2D eigenvalue weighted by Gasteiger charge is -2.13. The molecule has 0 saturated carbocycles. The maximum atomic E-state index is 8.94. The Bertz CT molecular complexity index is 716. The van der Waals surface area contributed by atoms with E-state index in [1.165, 1.54) is 0 Å². The Morgan fingerprint density at radius 3 is 2.62 bits per heavy atom. The molecule has 110 valence electrons. The summed E-state index contributed by atoms with van der Waals surface area (Å²) in [5, 5.41) is 20.0. The van der Waals surface area contributed by atoms with Crippen LogP contribution in [0.15, 0.2) is 27.8 Å². The first-order valence-corrected chi connectivity index (χ1v) is 6.99. The molecule has 1 heterocycles. The van der Waals surface area contributed by atoms with E-state index in [1.54, 1.807) is 6.92 Å². The van der Waals surface area contributed by atoms with Crippen LogP contribution in [0.1, 0.15) is 22.4 Å². The van der Waals surface area contributed by atoms with E-state index in [9.17, 15) is 0 Å². The van der Waals surface area contributed by atoms with Crippen molar-refractivity contribution in [3.8, 4) is 11.6 Å². The number of halogens is 1. The lowest BCUT2D eigenvalue weighted by molar-refractivity contribution is 0.318. The van der Waals surface area contributed by atoms with Crippen LogP contribution in [-0.2, 0) is 0 Å². The minimum absolute atomic E-state index is 0.0660. The molecular weight excluding hydrogens is 336 g/mol. The van der Waals surface area contributed by atoms with Crippen molar-refractivity contribution in [3.63, 3.8) is 0 Å². The summed E-state index contributed by atoms with van der Waals surface area (Å²) in [5.74, 6) is 0.701. The number of benzene rings is 1. The van der Waals surface area contributed by atoms with Crippen LogP contribution in [0, 0.1) is 20.8 Å². The van der Waals surface area contributed by atoms with Crippen molar-refractivity contribution in [1.29, 1.82) is 0 Å². The molecule has 0 aliphatic carbocycles. The van der Waals surface area contributed by atoms with Gasteiger partial charge in [0, 0.05) is 0 Å². The minimum Gasteiger partial charge on any atom is -0.436 e. The van der Waals surface area contributed by atoms with E-state index in [0.29, 0.717) is 17.0 Å². The van der Waals surface area contributed by atoms with E-state index >= 15 is 0 Å². The van der Waals surface area contributed by atoms with Gasteiger partial charge in [-0.05, 0) is 60.0 Å². The zero-order valence-electron chi connectivity index (χ0n) is 11.9. The van der Waals surface area contributed by atoms with Gasteiger partial charge in [0.25, 0.3) is 0 Å². The number of hydrogen-bond acceptors (Lipinski definition) is 5. The molecule has 0 saturated heterocycles. The second-order valence-electron chi connectivity index (χ2n) is 4.61. The molecule has 0 bridgehead atoms. The molecule has 7 heteroatoms. The second kappa shape index (κ2) is 6.09. The molecule has 2 rings (SSSR count). The van der Waals surface area contributed by atoms with Crippen molar-refractivity contribution in [2.75, 3.05) is 0 Å². The maximum absolute atomic E-state index is 8.94. The third-order valence-corrected chi connectivity index (χ3v) is 3.70. The Morgan fingerprint density at radius 2 is 2.00 bits per heavy atom. The molecule has 0 spiro atoms. The van der Waals surface area contributed by atoms with Gasteiger partial charge in [0.1, 0.15) is 5.75 Å². The highest BCUT2D eigenvalue weighted by atomic mass is 79.9. The van der Waals surface area contributed by atoms with Crippen LogP contribution < -0.4 is 10.5 Å². The first-order chi connectivity index (χ1) is 9.93. The number of aromatic nitrogens is 2. The van der Waals surface area contributed by atoms with Gasteiger partial charge in [-0.3, -0.25) is 0 Å². The summed E-state index contributed by atoms with van der Waals surface area (Å²) in [6.45, 7) is 5.59. The predicted molar refractivity (Wildman–Crippen MR) is 83.0 cm³/mol. The number of aryl methyl sites for hydroxylation is 2. The third-order valence-electron chi connectivity index (χ3n) is 3.08. The van der Waals surface area contributed by atoms with E-state index in [1.807, 2.05) is 32.0 Å². The average molecular weight is 351 g/mol. The van der Waals surface area contributed by atoms with Crippen LogP contribution in [0.2, 0.25) is 0 Å². The molecule has 0 amide bonds. The Kier molecular flexibility index (Phi) is 4.42. The fraction of sp³-hybridized carbons (Fsp3) is 0.214. The van der Waals surface area contributed by atoms with E-state index in [-0.39, 0.29) is 11.7 Å². The van der Waals surface area contributed by atoms with Crippen LogP contribution in [0.5, 0.6) is 11.6 Å². The highest BCUT2D eigenvalue weighted by Crippen LogP contribution is 2.32. The molecule has 0 aliphatic heterocycles. The lowest BCUT2D eigenvalue weighted by Crippen LogP contribution is -2.18. The fourth-order valence-corrected chi connectivity index (χ4v) is 2.38. The number of rotatable bonds is 3. The summed E-state index contributed by atoms with van der Waals surface area (Å²) < 4.78 is 6.55. The van der Waals surface area contributed by atoms with Crippen molar-refractivity contribution < 1.29 is 9.94 Å². The summed E-state index contributed by atoms with van der Waals surface area (Å²) in [4.78, 5) is 0. The van der Waals surface area contributed by atoms with Gasteiger partial charge in [-0.25, -0.2) is 0 Å². The number of hydrogen-bond donors (Lipinski definition) is 2. The number of amidine groups is 1. The van der Waals surface area contributed by atoms with Crippen LogP contribution in [0.4, 0.5) is 0 Å². The number of nitrogens with zero attached hydrogens (tertiary/aromatic N) is 3. The van der Waals surface area contributed by atoms with Gasteiger partial charge < -0.3 is 15.7 Å². The minimum atomic E-state index is -0.0660.